The smallest absolute Gasteiger partial charge is 0.214 e. The minimum absolute atomic E-state index is 0.308. The molecule has 1 N–H and O–H groups in total. The fourth-order valence-corrected chi connectivity index (χ4v) is 5.16. The number of nitrogens with zero attached hydrogens (tertiary/aromatic N) is 1. The molecule has 1 aliphatic heterocycles. The molecule has 0 radical (unpaired) electrons. The topological polar surface area (TPSA) is 41.8 Å². The molecule has 0 spiro atoms. The van der Waals surface area contributed by atoms with E-state index in [0.29, 0.717) is 5.75 Å². The summed E-state index contributed by atoms with van der Waals surface area (Å²) in [6.07, 6.45) is 6.11. The Labute approximate surface area is 118 Å². The Kier molecular flexibility index (Phi) is 5.26. The zero-order valence-corrected chi connectivity index (χ0v) is 13.2. The van der Waals surface area contributed by atoms with Crippen LogP contribution in [0.3, 0.4) is 0 Å². The molecule has 0 aromatic heterocycles. The molecular weight excluding hydrogens is 260 g/mol. The Balaban J connectivity index is 1.85. The second-order valence-electron chi connectivity index (χ2n) is 6.34. The van der Waals surface area contributed by atoms with Crippen LogP contribution in [0.25, 0.3) is 0 Å². The van der Waals surface area contributed by atoms with Gasteiger partial charge >= 0.3 is 0 Å². The van der Waals surface area contributed by atoms with E-state index in [4.69, 9.17) is 0 Å². The van der Waals surface area contributed by atoms with Crippen LogP contribution >= 0.6 is 0 Å². The van der Waals surface area contributed by atoms with Crippen LogP contribution in [-0.4, -0.2) is 50.7 Å². The Morgan fingerprint density at radius 3 is 2.47 bits per heavy atom. The van der Waals surface area contributed by atoms with E-state index >= 15 is 0 Å². The lowest BCUT2D eigenvalue weighted by Crippen LogP contribution is -3.18. The first-order valence-electron chi connectivity index (χ1n) is 7.85. The summed E-state index contributed by atoms with van der Waals surface area (Å²) in [7, 11) is -2.98. The van der Waals surface area contributed by atoms with Crippen molar-refractivity contribution in [1.82, 2.24) is 4.31 Å². The van der Waals surface area contributed by atoms with Gasteiger partial charge in [0.2, 0.25) is 10.0 Å². The van der Waals surface area contributed by atoms with Gasteiger partial charge in [0.05, 0.1) is 38.0 Å². The van der Waals surface area contributed by atoms with Crippen LogP contribution in [0.2, 0.25) is 0 Å². The molecule has 1 aliphatic carbocycles. The second-order valence-corrected chi connectivity index (χ2v) is 8.43. The summed E-state index contributed by atoms with van der Waals surface area (Å²) in [6.45, 7) is 7.74. The summed E-state index contributed by atoms with van der Waals surface area (Å²) in [4.78, 5) is 1.65. The average Bonchev–Trinajstić information content (AvgIpc) is 2.39. The van der Waals surface area contributed by atoms with Gasteiger partial charge in [0.1, 0.15) is 0 Å². The number of hydrogen-bond donors (Lipinski definition) is 1. The van der Waals surface area contributed by atoms with E-state index in [1.165, 1.54) is 25.7 Å². The lowest BCUT2D eigenvalue weighted by atomic mass is 9.86. The third-order valence-electron chi connectivity index (χ3n) is 4.73. The molecule has 2 rings (SSSR count). The predicted octanol–water partition coefficient (Wildman–Crippen LogP) is 0.505. The molecule has 0 amide bonds. The molecule has 0 aromatic carbocycles. The van der Waals surface area contributed by atoms with Gasteiger partial charge in [-0.1, -0.05) is 20.3 Å². The molecule has 19 heavy (non-hydrogen) atoms. The maximum atomic E-state index is 12.0. The minimum atomic E-state index is -2.98. The zero-order chi connectivity index (χ0) is 13.9. The highest BCUT2D eigenvalue weighted by Crippen LogP contribution is 2.22. The number of sulfonamides is 1. The van der Waals surface area contributed by atoms with E-state index in [-0.39, 0.29) is 0 Å². The molecule has 0 unspecified atom stereocenters. The van der Waals surface area contributed by atoms with Gasteiger partial charge in [-0.2, -0.15) is 4.31 Å². The van der Waals surface area contributed by atoms with Gasteiger partial charge < -0.3 is 4.90 Å². The van der Waals surface area contributed by atoms with Crippen LogP contribution in [0.1, 0.15) is 46.0 Å². The van der Waals surface area contributed by atoms with Crippen LogP contribution < -0.4 is 4.90 Å². The Hall–Kier alpha value is -0.130. The highest BCUT2D eigenvalue weighted by atomic mass is 32.2. The number of rotatable bonds is 4. The summed E-state index contributed by atoms with van der Waals surface area (Å²) in [5.74, 6) is 1.16. The van der Waals surface area contributed by atoms with Crippen molar-refractivity contribution in [2.75, 3.05) is 31.9 Å². The lowest BCUT2D eigenvalue weighted by molar-refractivity contribution is -0.930. The molecular formula is C14H29N2O2S+. The summed E-state index contributed by atoms with van der Waals surface area (Å²) in [5.41, 5.74) is 0. The normalized spacial score (nSPS) is 31.5. The van der Waals surface area contributed by atoms with Gasteiger partial charge in [0, 0.05) is 6.42 Å². The predicted molar refractivity (Wildman–Crippen MR) is 77.8 cm³/mol. The first-order valence-corrected chi connectivity index (χ1v) is 9.46. The van der Waals surface area contributed by atoms with E-state index in [9.17, 15) is 8.42 Å². The number of nitrogens with one attached hydrogen (secondary N) is 1. The molecule has 1 heterocycles. The highest BCUT2D eigenvalue weighted by Gasteiger charge is 2.33. The van der Waals surface area contributed by atoms with Crippen molar-refractivity contribution in [3.63, 3.8) is 0 Å². The molecule has 1 saturated carbocycles. The fourth-order valence-electron chi connectivity index (χ4n) is 3.65. The van der Waals surface area contributed by atoms with Gasteiger partial charge in [-0.25, -0.2) is 8.42 Å². The van der Waals surface area contributed by atoms with Gasteiger partial charge in [-0.15, -0.1) is 0 Å². The van der Waals surface area contributed by atoms with Crippen molar-refractivity contribution < 1.29 is 13.3 Å². The molecule has 112 valence electrons. The Bertz CT molecular complexity index is 375. The van der Waals surface area contributed by atoms with Gasteiger partial charge in [-0.05, 0) is 25.2 Å². The van der Waals surface area contributed by atoms with Crippen LogP contribution in [-0.2, 0) is 10.0 Å². The summed E-state index contributed by atoms with van der Waals surface area (Å²) in [6, 6.07) is 0.778. The van der Waals surface area contributed by atoms with E-state index in [2.05, 4.69) is 6.92 Å². The third-order valence-corrected chi connectivity index (χ3v) is 6.81. The number of quaternary nitrogens is 1. The van der Waals surface area contributed by atoms with Gasteiger partial charge in [-0.3, -0.25) is 0 Å². The largest absolute Gasteiger partial charge is 0.330 e. The van der Waals surface area contributed by atoms with Gasteiger partial charge in [0.25, 0.3) is 0 Å². The molecule has 5 heteroatoms. The van der Waals surface area contributed by atoms with Crippen molar-refractivity contribution in [1.29, 1.82) is 0 Å². The summed E-state index contributed by atoms with van der Waals surface area (Å²) < 4.78 is 25.8. The van der Waals surface area contributed by atoms with Crippen LogP contribution in [0, 0.1) is 5.92 Å². The monoisotopic (exact) mass is 289 g/mol. The SMILES string of the molecule is CCCS(=O)(=O)N1CC[NH+]([C@@H]2CCC[C@@H](C)C2)CC1. The standard InChI is InChI=1S/C14H28N2O2S/c1-3-11-19(17,18)16-9-7-15(8-10-16)14-6-4-5-13(2)12-14/h13-14H,3-12H2,1-2H3/p+1/t13-,14-/m1/s1. The van der Waals surface area contributed by atoms with Crippen LogP contribution in [0.5, 0.6) is 0 Å². The first-order chi connectivity index (χ1) is 9.03. The molecule has 0 aromatic rings. The maximum absolute atomic E-state index is 12.0. The van der Waals surface area contributed by atoms with E-state index in [1.54, 1.807) is 9.21 Å². The molecule has 2 aliphatic rings. The molecule has 0 bridgehead atoms. The van der Waals surface area contributed by atoms with Crippen molar-refractivity contribution in [3.05, 3.63) is 0 Å². The number of hydrogen-bond acceptors (Lipinski definition) is 2. The summed E-state index contributed by atoms with van der Waals surface area (Å²) in [5, 5.41) is 0. The van der Waals surface area contributed by atoms with E-state index < -0.39 is 10.0 Å². The van der Waals surface area contributed by atoms with Crippen molar-refractivity contribution in [3.8, 4) is 0 Å². The Morgan fingerprint density at radius 2 is 1.89 bits per heavy atom. The molecule has 2 fully saturated rings. The molecule has 2 atom stereocenters. The lowest BCUT2D eigenvalue weighted by Gasteiger charge is -2.38. The van der Waals surface area contributed by atoms with Gasteiger partial charge in [0.15, 0.2) is 0 Å². The highest BCUT2D eigenvalue weighted by molar-refractivity contribution is 7.89. The van der Waals surface area contributed by atoms with E-state index in [1.807, 2.05) is 6.92 Å². The second kappa shape index (κ2) is 6.55. The summed E-state index contributed by atoms with van der Waals surface area (Å²) >= 11 is 0. The molecule has 1 saturated heterocycles. The maximum Gasteiger partial charge on any atom is 0.214 e. The molecule has 4 nitrogen and oxygen atoms in total. The third kappa shape index (κ3) is 3.92. The quantitative estimate of drug-likeness (QED) is 0.819. The average molecular weight is 289 g/mol. The van der Waals surface area contributed by atoms with Crippen LogP contribution in [0.15, 0.2) is 0 Å². The first kappa shape index (κ1) is 15.3. The number of piperazine rings is 1. The van der Waals surface area contributed by atoms with Crippen LogP contribution in [0.4, 0.5) is 0 Å². The van der Waals surface area contributed by atoms with Crippen molar-refractivity contribution in [2.24, 2.45) is 5.92 Å². The van der Waals surface area contributed by atoms with Crippen molar-refractivity contribution >= 4 is 10.0 Å². The Morgan fingerprint density at radius 1 is 1.21 bits per heavy atom. The zero-order valence-electron chi connectivity index (χ0n) is 12.4. The fraction of sp³-hybridized carbons (Fsp3) is 1.00. The minimum Gasteiger partial charge on any atom is -0.330 e. The van der Waals surface area contributed by atoms with E-state index in [0.717, 1.165) is 44.6 Å². The van der Waals surface area contributed by atoms with Crippen molar-refractivity contribution in [2.45, 2.75) is 52.0 Å².